The topological polar surface area (TPSA) is 35.2 Å². The number of ether oxygens (including phenoxy) is 1. The molecule has 64 valence electrons. The summed E-state index contributed by atoms with van der Waals surface area (Å²) in [7, 11) is 0. The molecule has 0 aliphatic carbocycles. The molecule has 1 aromatic carbocycles. The molecule has 12 heavy (non-hydrogen) atoms. The molecule has 2 heteroatoms. The van der Waals surface area contributed by atoms with E-state index < -0.39 is 0 Å². The van der Waals surface area contributed by atoms with Crippen molar-refractivity contribution in [3.05, 3.63) is 35.4 Å². The normalized spacial score (nSPS) is 23.7. The van der Waals surface area contributed by atoms with E-state index >= 15 is 0 Å². The Balaban J connectivity index is 2.36. The number of hydrogen-bond acceptors (Lipinski definition) is 2. The fourth-order valence-corrected chi connectivity index (χ4v) is 1.65. The summed E-state index contributed by atoms with van der Waals surface area (Å²) in [5.41, 5.74) is 8.32. The number of hydrogen-bond donors (Lipinski definition) is 1. The third kappa shape index (κ3) is 1.13. The van der Waals surface area contributed by atoms with Crippen molar-refractivity contribution in [1.29, 1.82) is 0 Å². The van der Waals surface area contributed by atoms with Gasteiger partial charge in [0.05, 0.1) is 12.7 Å². The Bertz CT molecular complexity index is 283. The van der Waals surface area contributed by atoms with E-state index in [1.807, 2.05) is 19.1 Å². The lowest BCUT2D eigenvalue weighted by Gasteiger charge is -2.14. The van der Waals surface area contributed by atoms with Crippen LogP contribution >= 0.6 is 0 Å². The highest BCUT2D eigenvalue weighted by atomic mass is 16.5. The van der Waals surface area contributed by atoms with Crippen molar-refractivity contribution in [3.63, 3.8) is 0 Å². The van der Waals surface area contributed by atoms with Crippen molar-refractivity contribution < 1.29 is 4.74 Å². The lowest BCUT2D eigenvalue weighted by Crippen LogP contribution is -2.24. The van der Waals surface area contributed by atoms with Gasteiger partial charge >= 0.3 is 0 Å². The van der Waals surface area contributed by atoms with Crippen LogP contribution in [0, 0.1) is 0 Å². The SMILES string of the molecule is C[C@@H](N)C1OCc2ccccc21. The molecule has 0 saturated heterocycles. The van der Waals surface area contributed by atoms with Crippen LogP contribution in [0.2, 0.25) is 0 Å². The summed E-state index contributed by atoms with van der Waals surface area (Å²) in [6.45, 7) is 2.69. The first kappa shape index (κ1) is 7.77. The fourth-order valence-electron chi connectivity index (χ4n) is 1.65. The Morgan fingerprint density at radius 2 is 2.25 bits per heavy atom. The molecule has 0 amide bonds. The summed E-state index contributed by atoms with van der Waals surface area (Å²) < 4.78 is 5.56. The summed E-state index contributed by atoms with van der Waals surface area (Å²) in [4.78, 5) is 0. The number of benzene rings is 1. The summed E-state index contributed by atoms with van der Waals surface area (Å²) in [6.07, 6.45) is 0.0983. The van der Waals surface area contributed by atoms with Gasteiger partial charge in [-0.3, -0.25) is 0 Å². The Hall–Kier alpha value is -0.860. The molecule has 2 atom stereocenters. The van der Waals surface area contributed by atoms with Crippen LogP contribution in [0.1, 0.15) is 24.2 Å². The van der Waals surface area contributed by atoms with Crippen LogP contribution in [0.4, 0.5) is 0 Å². The summed E-state index contributed by atoms with van der Waals surface area (Å²) in [5.74, 6) is 0. The highest BCUT2D eigenvalue weighted by Gasteiger charge is 2.25. The summed E-state index contributed by atoms with van der Waals surface area (Å²) in [5, 5.41) is 0. The number of fused-ring (bicyclic) bond motifs is 1. The van der Waals surface area contributed by atoms with E-state index in [1.165, 1.54) is 11.1 Å². The van der Waals surface area contributed by atoms with E-state index in [4.69, 9.17) is 10.5 Å². The van der Waals surface area contributed by atoms with Gasteiger partial charge in [0, 0.05) is 6.04 Å². The third-order valence-electron chi connectivity index (χ3n) is 2.26. The van der Waals surface area contributed by atoms with Gasteiger partial charge in [0.2, 0.25) is 0 Å². The van der Waals surface area contributed by atoms with Crippen molar-refractivity contribution in [2.75, 3.05) is 0 Å². The second kappa shape index (κ2) is 2.88. The Morgan fingerprint density at radius 1 is 1.50 bits per heavy atom. The molecule has 0 radical (unpaired) electrons. The van der Waals surface area contributed by atoms with Gasteiger partial charge in [-0.15, -0.1) is 0 Å². The maximum atomic E-state index is 5.79. The molecule has 0 saturated carbocycles. The molecule has 0 aromatic heterocycles. The van der Waals surface area contributed by atoms with Crippen LogP contribution in [0.15, 0.2) is 24.3 Å². The van der Waals surface area contributed by atoms with Crippen LogP contribution in [-0.2, 0) is 11.3 Å². The molecule has 1 heterocycles. The van der Waals surface area contributed by atoms with Crippen LogP contribution in [0.25, 0.3) is 0 Å². The molecule has 1 aliphatic heterocycles. The second-order valence-corrected chi connectivity index (χ2v) is 3.29. The molecule has 1 unspecified atom stereocenters. The third-order valence-corrected chi connectivity index (χ3v) is 2.26. The summed E-state index contributed by atoms with van der Waals surface area (Å²) >= 11 is 0. The molecule has 2 N–H and O–H groups in total. The minimum absolute atomic E-state index is 0.0775. The minimum atomic E-state index is 0.0775. The lowest BCUT2D eigenvalue weighted by atomic mass is 10.0. The maximum Gasteiger partial charge on any atom is 0.0981 e. The monoisotopic (exact) mass is 163 g/mol. The zero-order valence-electron chi connectivity index (χ0n) is 7.16. The fraction of sp³-hybridized carbons (Fsp3) is 0.400. The van der Waals surface area contributed by atoms with Crippen molar-refractivity contribution >= 4 is 0 Å². The van der Waals surface area contributed by atoms with Crippen LogP contribution in [-0.4, -0.2) is 6.04 Å². The molecule has 1 aromatic rings. The van der Waals surface area contributed by atoms with Crippen LogP contribution in [0.5, 0.6) is 0 Å². The predicted molar refractivity (Wildman–Crippen MR) is 47.6 cm³/mol. The molecule has 0 bridgehead atoms. The van der Waals surface area contributed by atoms with Gasteiger partial charge in [0.25, 0.3) is 0 Å². The Kier molecular flexibility index (Phi) is 1.87. The average Bonchev–Trinajstić information content (AvgIpc) is 2.47. The minimum Gasteiger partial charge on any atom is -0.367 e. The van der Waals surface area contributed by atoms with Crippen molar-refractivity contribution in [2.45, 2.75) is 25.7 Å². The smallest absolute Gasteiger partial charge is 0.0981 e. The molecule has 2 nitrogen and oxygen atoms in total. The van der Waals surface area contributed by atoms with Gasteiger partial charge < -0.3 is 10.5 Å². The van der Waals surface area contributed by atoms with Crippen molar-refractivity contribution in [1.82, 2.24) is 0 Å². The van der Waals surface area contributed by atoms with Crippen LogP contribution in [0.3, 0.4) is 0 Å². The Labute approximate surface area is 72.3 Å². The van der Waals surface area contributed by atoms with Gasteiger partial charge in [-0.25, -0.2) is 0 Å². The number of rotatable bonds is 1. The quantitative estimate of drug-likeness (QED) is 0.682. The van der Waals surface area contributed by atoms with Gasteiger partial charge in [-0.05, 0) is 18.1 Å². The molecule has 0 spiro atoms. The van der Waals surface area contributed by atoms with Gasteiger partial charge in [-0.2, -0.15) is 0 Å². The largest absolute Gasteiger partial charge is 0.367 e. The molecular formula is C10H13NO. The number of nitrogens with two attached hydrogens (primary N) is 1. The lowest BCUT2D eigenvalue weighted by molar-refractivity contribution is 0.0517. The molecular weight excluding hydrogens is 150 g/mol. The summed E-state index contributed by atoms with van der Waals surface area (Å²) in [6, 6.07) is 8.33. The maximum absolute atomic E-state index is 5.79. The van der Waals surface area contributed by atoms with Gasteiger partial charge in [0.15, 0.2) is 0 Å². The molecule has 1 aliphatic rings. The van der Waals surface area contributed by atoms with E-state index in [1.54, 1.807) is 0 Å². The Morgan fingerprint density at radius 3 is 3.00 bits per heavy atom. The zero-order valence-corrected chi connectivity index (χ0v) is 7.16. The van der Waals surface area contributed by atoms with E-state index in [0.717, 1.165) is 0 Å². The first-order chi connectivity index (χ1) is 5.79. The molecule has 0 fully saturated rings. The van der Waals surface area contributed by atoms with Crippen molar-refractivity contribution in [3.8, 4) is 0 Å². The van der Waals surface area contributed by atoms with E-state index in [-0.39, 0.29) is 12.1 Å². The van der Waals surface area contributed by atoms with Crippen LogP contribution < -0.4 is 5.73 Å². The highest BCUT2D eigenvalue weighted by Crippen LogP contribution is 2.31. The second-order valence-electron chi connectivity index (χ2n) is 3.29. The van der Waals surface area contributed by atoms with E-state index in [0.29, 0.717) is 6.61 Å². The van der Waals surface area contributed by atoms with Gasteiger partial charge in [-0.1, -0.05) is 24.3 Å². The molecule has 2 rings (SSSR count). The van der Waals surface area contributed by atoms with Gasteiger partial charge in [0.1, 0.15) is 0 Å². The van der Waals surface area contributed by atoms with Crippen molar-refractivity contribution in [2.24, 2.45) is 5.73 Å². The standard InChI is InChI=1S/C10H13NO/c1-7(11)10-9-5-3-2-4-8(9)6-12-10/h2-5,7,10H,6,11H2,1H3/t7-,10?/m1/s1. The highest BCUT2D eigenvalue weighted by molar-refractivity contribution is 5.32. The predicted octanol–water partition coefficient (Wildman–Crippen LogP) is 1.61. The average molecular weight is 163 g/mol. The first-order valence-corrected chi connectivity index (χ1v) is 4.24. The van der Waals surface area contributed by atoms with E-state index in [9.17, 15) is 0 Å². The van der Waals surface area contributed by atoms with E-state index in [2.05, 4.69) is 12.1 Å². The zero-order chi connectivity index (χ0) is 8.55. The first-order valence-electron chi connectivity index (χ1n) is 4.24.